The second-order valence-electron chi connectivity index (χ2n) is 4.89. The van der Waals surface area contributed by atoms with Gasteiger partial charge in [-0.1, -0.05) is 30.7 Å². The number of nitrogens with zero attached hydrogens (tertiary/aromatic N) is 3. The van der Waals surface area contributed by atoms with E-state index in [-0.39, 0.29) is 0 Å². The molecular formula is C16H17ClN4. The van der Waals surface area contributed by atoms with Crippen molar-refractivity contribution in [2.75, 3.05) is 5.32 Å². The van der Waals surface area contributed by atoms with Gasteiger partial charge in [0.1, 0.15) is 11.0 Å². The molecule has 0 radical (unpaired) electrons. The fourth-order valence-corrected chi connectivity index (χ4v) is 2.60. The number of hydrogen-bond acceptors (Lipinski definition) is 3. The highest BCUT2D eigenvalue weighted by Crippen LogP contribution is 2.18. The lowest BCUT2D eigenvalue weighted by atomic mass is 10.3. The molecule has 2 aromatic heterocycles. The van der Waals surface area contributed by atoms with Gasteiger partial charge in [-0.15, -0.1) is 0 Å². The van der Waals surface area contributed by atoms with Crippen LogP contribution in [0.5, 0.6) is 0 Å². The van der Waals surface area contributed by atoms with Gasteiger partial charge in [-0.25, -0.2) is 9.97 Å². The van der Waals surface area contributed by atoms with Crippen molar-refractivity contribution in [2.45, 2.75) is 26.4 Å². The molecular weight excluding hydrogens is 284 g/mol. The smallest absolute Gasteiger partial charge is 0.131 e. The summed E-state index contributed by atoms with van der Waals surface area (Å²) >= 11 is 5.90. The summed E-state index contributed by atoms with van der Waals surface area (Å²) in [7, 11) is 0. The minimum atomic E-state index is 0.488. The van der Waals surface area contributed by atoms with Gasteiger partial charge < -0.3 is 9.88 Å². The third kappa shape index (κ3) is 3.00. The average Bonchev–Trinajstić information content (AvgIpc) is 2.84. The number of aromatic nitrogens is 3. The van der Waals surface area contributed by atoms with E-state index in [4.69, 9.17) is 16.6 Å². The number of para-hydroxylation sites is 2. The molecule has 1 N–H and O–H groups in total. The minimum absolute atomic E-state index is 0.488. The van der Waals surface area contributed by atoms with E-state index < -0.39 is 0 Å². The van der Waals surface area contributed by atoms with E-state index in [0.29, 0.717) is 11.7 Å². The van der Waals surface area contributed by atoms with Gasteiger partial charge in [0.05, 0.1) is 17.6 Å². The summed E-state index contributed by atoms with van der Waals surface area (Å²) < 4.78 is 2.27. The van der Waals surface area contributed by atoms with Crippen molar-refractivity contribution in [1.82, 2.24) is 14.5 Å². The number of aryl methyl sites for hydroxylation is 1. The fraction of sp³-hybridized carbons (Fsp3) is 0.250. The molecule has 3 aromatic rings. The van der Waals surface area contributed by atoms with Gasteiger partial charge in [0, 0.05) is 18.4 Å². The molecule has 0 aliphatic rings. The molecule has 1 aromatic carbocycles. The van der Waals surface area contributed by atoms with Crippen molar-refractivity contribution in [2.24, 2.45) is 0 Å². The number of fused-ring (bicyclic) bond motifs is 1. The van der Waals surface area contributed by atoms with Crippen molar-refractivity contribution in [3.05, 3.63) is 53.6 Å². The highest BCUT2D eigenvalue weighted by Gasteiger charge is 2.09. The predicted octanol–water partition coefficient (Wildman–Crippen LogP) is 4.11. The number of nitrogens with one attached hydrogen (secondary N) is 1. The van der Waals surface area contributed by atoms with Crippen LogP contribution in [0.15, 0.2) is 42.6 Å². The molecule has 0 aliphatic heterocycles. The average molecular weight is 301 g/mol. The zero-order valence-corrected chi connectivity index (χ0v) is 12.6. The Hall–Kier alpha value is -2.07. The predicted molar refractivity (Wildman–Crippen MR) is 86.6 cm³/mol. The number of benzene rings is 1. The molecule has 2 heterocycles. The van der Waals surface area contributed by atoms with Crippen molar-refractivity contribution >= 4 is 28.3 Å². The van der Waals surface area contributed by atoms with Crippen LogP contribution >= 0.6 is 11.6 Å². The van der Waals surface area contributed by atoms with E-state index >= 15 is 0 Å². The van der Waals surface area contributed by atoms with Crippen LogP contribution in [0.3, 0.4) is 0 Å². The zero-order chi connectivity index (χ0) is 14.7. The molecule has 0 aliphatic carbocycles. The van der Waals surface area contributed by atoms with Gasteiger partial charge in [-0.3, -0.25) is 0 Å². The van der Waals surface area contributed by atoms with Crippen LogP contribution in [0.2, 0.25) is 5.15 Å². The van der Waals surface area contributed by atoms with E-state index in [1.165, 1.54) is 5.52 Å². The maximum absolute atomic E-state index is 5.90. The molecule has 0 saturated heterocycles. The maximum atomic E-state index is 5.90. The van der Waals surface area contributed by atoms with Gasteiger partial charge in [0.25, 0.3) is 0 Å². The van der Waals surface area contributed by atoms with Crippen molar-refractivity contribution in [3.8, 4) is 0 Å². The first-order valence-corrected chi connectivity index (χ1v) is 7.45. The molecule has 0 amide bonds. The van der Waals surface area contributed by atoms with Crippen molar-refractivity contribution in [1.29, 1.82) is 0 Å². The van der Waals surface area contributed by atoms with Crippen LogP contribution in [0, 0.1) is 0 Å². The lowest BCUT2D eigenvalue weighted by Gasteiger charge is -2.09. The summed E-state index contributed by atoms with van der Waals surface area (Å²) in [5.74, 6) is 1.03. The van der Waals surface area contributed by atoms with Crippen LogP contribution < -0.4 is 5.32 Å². The van der Waals surface area contributed by atoms with E-state index in [9.17, 15) is 0 Å². The van der Waals surface area contributed by atoms with E-state index in [1.807, 2.05) is 24.3 Å². The Morgan fingerprint density at radius 3 is 2.90 bits per heavy atom. The van der Waals surface area contributed by atoms with Crippen LogP contribution in [0.4, 0.5) is 5.69 Å². The number of rotatable bonds is 5. The molecule has 0 fully saturated rings. The largest absolute Gasteiger partial charge is 0.378 e. The molecule has 0 unspecified atom stereocenters. The van der Waals surface area contributed by atoms with Crippen molar-refractivity contribution in [3.63, 3.8) is 0 Å². The molecule has 3 rings (SSSR count). The lowest BCUT2D eigenvalue weighted by Crippen LogP contribution is -2.08. The standard InChI is InChI=1S/C16H17ClN4/c1-2-9-21-14-6-4-3-5-13(14)20-16(21)11-19-12-7-8-18-15(17)10-12/h3-8,10H,2,9,11H2,1H3,(H,18,19). The van der Waals surface area contributed by atoms with E-state index in [1.54, 1.807) is 6.20 Å². The zero-order valence-electron chi connectivity index (χ0n) is 11.9. The minimum Gasteiger partial charge on any atom is -0.378 e. The van der Waals surface area contributed by atoms with Gasteiger partial charge in [-0.2, -0.15) is 0 Å². The van der Waals surface area contributed by atoms with E-state index in [0.717, 1.165) is 30.0 Å². The molecule has 0 bridgehead atoms. The first kappa shape index (κ1) is 13.9. The first-order valence-electron chi connectivity index (χ1n) is 7.07. The number of halogens is 1. The highest BCUT2D eigenvalue weighted by molar-refractivity contribution is 6.29. The summed E-state index contributed by atoms with van der Waals surface area (Å²) in [5.41, 5.74) is 3.17. The molecule has 5 heteroatoms. The molecule has 108 valence electrons. The Kier molecular flexibility index (Phi) is 4.06. The van der Waals surface area contributed by atoms with Gasteiger partial charge in [0.15, 0.2) is 0 Å². The quantitative estimate of drug-likeness (QED) is 0.721. The fourth-order valence-electron chi connectivity index (χ4n) is 2.43. The summed E-state index contributed by atoms with van der Waals surface area (Å²) in [6.07, 6.45) is 2.77. The second kappa shape index (κ2) is 6.14. The van der Waals surface area contributed by atoms with Gasteiger partial charge in [0.2, 0.25) is 0 Å². The Morgan fingerprint density at radius 2 is 2.10 bits per heavy atom. The van der Waals surface area contributed by atoms with Gasteiger partial charge >= 0.3 is 0 Å². The topological polar surface area (TPSA) is 42.7 Å². The van der Waals surface area contributed by atoms with Crippen LogP contribution in [0.25, 0.3) is 11.0 Å². The third-order valence-electron chi connectivity index (χ3n) is 3.36. The monoisotopic (exact) mass is 300 g/mol. The van der Waals surface area contributed by atoms with Crippen LogP contribution in [-0.2, 0) is 13.1 Å². The Balaban J connectivity index is 1.87. The SMILES string of the molecule is CCCn1c(CNc2ccnc(Cl)c2)nc2ccccc21. The molecule has 0 saturated carbocycles. The number of imidazole rings is 1. The molecule has 21 heavy (non-hydrogen) atoms. The second-order valence-corrected chi connectivity index (χ2v) is 5.28. The lowest BCUT2D eigenvalue weighted by molar-refractivity contribution is 0.661. The van der Waals surface area contributed by atoms with Crippen LogP contribution in [-0.4, -0.2) is 14.5 Å². The summed E-state index contributed by atoms with van der Waals surface area (Å²) in [6, 6.07) is 12.0. The molecule has 4 nitrogen and oxygen atoms in total. The maximum Gasteiger partial charge on any atom is 0.131 e. The molecule has 0 spiro atoms. The number of anilines is 1. The Morgan fingerprint density at radius 1 is 1.24 bits per heavy atom. The first-order chi connectivity index (χ1) is 10.3. The Bertz CT molecular complexity index is 751. The summed E-state index contributed by atoms with van der Waals surface area (Å²) in [4.78, 5) is 8.70. The van der Waals surface area contributed by atoms with E-state index in [2.05, 4.69) is 33.9 Å². The molecule has 0 atom stereocenters. The normalized spacial score (nSPS) is 11.0. The summed E-state index contributed by atoms with van der Waals surface area (Å²) in [5, 5.41) is 3.84. The number of hydrogen-bond donors (Lipinski definition) is 1. The third-order valence-corrected chi connectivity index (χ3v) is 3.56. The van der Waals surface area contributed by atoms with Gasteiger partial charge in [-0.05, 0) is 30.7 Å². The number of pyridine rings is 1. The summed E-state index contributed by atoms with van der Waals surface area (Å²) in [6.45, 7) is 3.80. The van der Waals surface area contributed by atoms with Crippen molar-refractivity contribution < 1.29 is 0 Å². The highest BCUT2D eigenvalue weighted by atomic mass is 35.5. The Labute approximate surface area is 128 Å². The van der Waals surface area contributed by atoms with Crippen LogP contribution in [0.1, 0.15) is 19.2 Å².